The number of carbonyl (C=O) groups excluding carboxylic acids is 1. The van der Waals surface area contributed by atoms with Crippen LogP contribution in [-0.4, -0.2) is 19.6 Å². The van der Waals surface area contributed by atoms with Gasteiger partial charge in [0.15, 0.2) is 0 Å². The first-order chi connectivity index (χ1) is 8.45. The summed E-state index contributed by atoms with van der Waals surface area (Å²) < 4.78 is 5.09. The summed E-state index contributed by atoms with van der Waals surface area (Å²) in [7, 11) is 1.56. The summed E-state index contributed by atoms with van der Waals surface area (Å²) in [5.41, 5.74) is 6.72. The second-order valence-electron chi connectivity index (χ2n) is 4.88. The third-order valence-electron chi connectivity index (χ3n) is 3.23. The van der Waals surface area contributed by atoms with E-state index in [0.717, 1.165) is 0 Å². The molecule has 1 aromatic rings. The Morgan fingerprint density at radius 3 is 2.61 bits per heavy atom. The molecule has 1 aromatic carbocycles. The van der Waals surface area contributed by atoms with E-state index in [4.69, 9.17) is 10.5 Å². The highest BCUT2D eigenvalue weighted by Crippen LogP contribution is 2.19. The van der Waals surface area contributed by atoms with Gasteiger partial charge in [-0.05, 0) is 30.0 Å². The SMILES string of the molecule is COc1ccc(N)c(C(=O)NCC(C)C(C)C)c1. The molecule has 0 aromatic heterocycles. The van der Waals surface area contributed by atoms with Crippen LogP contribution < -0.4 is 15.8 Å². The Morgan fingerprint density at radius 2 is 2.06 bits per heavy atom. The van der Waals surface area contributed by atoms with Gasteiger partial charge in [0.05, 0.1) is 12.7 Å². The average Bonchev–Trinajstić information content (AvgIpc) is 2.35. The maximum absolute atomic E-state index is 12.0. The predicted octanol–water partition coefficient (Wildman–Crippen LogP) is 2.30. The molecule has 100 valence electrons. The van der Waals surface area contributed by atoms with Crippen molar-refractivity contribution in [2.24, 2.45) is 11.8 Å². The minimum Gasteiger partial charge on any atom is -0.497 e. The van der Waals surface area contributed by atoms with Crippen LogP contribution in [0.15, 0.2) is 18.2 Å². The third kappa shape index (κ3) is 3.65. The van der Waals surface area contributed by atoms with E-state index in [1.165, 1.54) is 0 Å². The van der Waals surface area contributed by atoms with Gasteiger partial charge in [0.2, 0.25) is 0 Å². The summed E-state index contributed by atoms with van der Waals surface area (Å²) in [5, 5.41) is 2.90. The van der Waals surface area contributed by atoms with Crippen molar-refractivity contribution in [3.05, 3.63) is 23.8 Å². The summed E-state index contributed by atoms with van der Waals surface area (Å²) in [4.78, 5) is 12.0. The molecule has 0 bridgehead atoms. The molecule has 0 heterocycles. The number of methoxy groups -OCH3 is 1. The number of hydrogen-bond acceptors (Lipinski definition) is 3. The molecule has 0 aliphatic carbocycles. The second-order valence-corrected chi connectivity index (χ2v) is 4.88. The van der Waals surface area contributed by atoms with Crippen LogP contribution in [0.1, 0.15) is 31.1 Å². The van der Waals surface area contributed by atoms with Crippen LogP contribution >= 0.6 is 0 Å². The Morgan fingerprint density at radius 1 is 1.39 bits per heavy atom. The highest BCUT2D eigenvalue weighted by Gasteiger charge is 2.13. The van der Waals surface area contributed by atoms with Crippen LogP contribution in [0.5, 0.6) is 5.75 Å². The normalized spacial score (nSPS) is 12.3. The summed E-state index contributed by atoms with van der Waals surface area (Å²) in [5.74, 6) is 1.44. The van der Waals surface area contributed by atoms with E-state index >= 15 is 0 Å². The molecule has 0 radical (unpaired) electrons. The number of benzene rings is 1. The van der Waals surface area contributed by atoms with E-state index in [1.807, 2.05) is 0 Å². The van der Waals surface area contributed by atoms with Gasteiger partial charge >= 0.3 is 0 Å². The van der Waals surface area contributed by atoms with Gasteiger partial charge in [0, 0.05) is 12.2 Å². The molecule has 0 fully saturated rings. The summed E-state index contributed by atoms with van der Waals surface area (Å²) in [6, 6.07) is 5.08. The molecule has 0 saturated heterocycles. The third-order valence-corrected chi connectivity index (χ3v) is 3.23. The molecular weight excluding hydrogens is 228 g/mol. The summed E-state index contributed by atoms with van der Waals surface area (Å²) >= 11 is 0. The van der Waals surface area contributed by atoms with Gasteiger partial charge in [-0.2, -0.15) is 0 Å². The van der Waals surface area contributed by atoms with Crippen molar-refractivity contribution in [3.63, 3.8) is 0 Å². The number of amides is 1. The smallest absolute Gasteiger partial charge is 0.253 e. The lowest BCUT2D eigenvalue weighted by Crippen LogP contribution is -2.30. The number of nitrogens with one attached hydrogen (secondary N) is 1. The van der Waals surface area contributed by atoms with Gasteiger partial charge in [-0.25, -0.2) is 0 Å². The fourth-order valence-corrected chi connectivity index (χ4v) is 1.44. The van der Waals surface area contributed by atoms with Crippen molar-refractivity contribution in [1.82, 2.24) is 5.32 Å². The van der Waals surface area contributed by atoms with Gasteiger partial charge in [-0.15, -0.1) is 0 Å². The Labute approximate surface area is 109 Å². The second kappa shape index (κ2) is 6.28. The maximum atomic E-state index is 12.0. The fraction of sp³-hybridized carbons (Fsp3) is 0.500. The number of anilines is 1. The molecule has 0 saturated carbocycles. The van der Waals surface area contributed by atoms with E-state index in [9.17, 15) is 4.79 Å². The van der Waals surface area contributed by atoms with E-state index in [1.54, 1.807) is 25.3 Å². The molecule has 4 nitrogen and oxygen atoms in total. The van der Waals surface area contributed by atoms with E-state index < -0.39 is 0 Å². The quantitative estimate of drug-likeness (QED) is 0.788. The molecule has 1 atom stereocenters. The van der Waals surface area contributed by atoms with Crippen molar-refractivity contribution in [1.29, 1.82) is 0 Å². The number of carbonyl (C=O) groups is 1. The summed E-state index contributed by atoms with van der Waals surface area (Å²) in [6.45, 7) is 7.03. The first-order valence-electron chi connectivity index (χ1n) is 6.17. The molecule has 0 aliphatic heterocycles. The summed E-state index contributed by atoms with van der Waals surface area (Å²) in [6.07, 6.45) is 0. The molecule has 0 aliphatic rings. The number of ether oxygens (including phenoxy) is 1. The Hall–Kier alpha value is -1.71. The van der Waals surface area contributed by atoms with Gasteiger partial charge in [-0.1, -0.05) is 20.8 Å². The zero-order valence-electron chi connectivity index (χ0n) is 11.5. The first-order valence-corrected chi connectivity index (χ1v) is 6.17. The lowest BCUT2D eigenvalue weighted by atomic mass is 9.98. The Balaban J connectivity index is 2.72. The molecule has 0 spiro atoms. The first kappa shape index (κ1) is 14.4. The molecule has 18 heavy (non-hydrogen) atoms. The number of hydrogen-bond donors (Lipinski definition) is 2. The van der Waals surface area contributed by atoms with Crippen molar-refractivity contribution in [2.45, 2.75) is 20.8 Å². The highest BCUT2D eigenvalue weighted by atomic mass is 16.5. The van der Waals surface area contributed by atoms with Gasteiger partial charge in [0.25, 0.3) is 5.91 Å². The van der Waals surface area contributed by atoms with Crippen LogP contribution in [0.25, 0.3) is 0 Å². The predicted molar refractivity (Wildman–Crippen MR) is 73.7 cm³/mol. The molecule has 1 rings (SSSR count). The van der Waals surface area contributed by atoms with Gasteiger partial charge in [0.1, 0.15) is 5.75 Å². The minimum absolute atomic E-state index is 0.154. The van der Waals surface area contributed by atoms with Crippen LogP contribution in [0.4, 0.5) is 5.69 Å². The molecule has 1 unspecified atom stereocenters. The minimum atomic E-state index is -0.154. The zero-order valence-corrected chi connectivity index (χ0v) is 11.5. The van der Waals surface area contributed by atoms with Crippen LogP contribution in [0, 0.1) is 11.8 Å². The molecule has 3 N–H and O–H groups in total. The Kier molecular flexibility index (Phi) is 5.01. The number of rotatable bonds is 5. The maximum Gasteiger partial charge on any atom is 0.253 e. The molecule has 4 heteroatoms. The van der Waals surface area contributed by atoms with Crippen molar-refractivity contribution >= 4 is 11.6 Å². The number of nitrogen functional groups attached to an aromatic ring is 1. The average molecular weight is 250 g/mol. The molecule has 1 amide bonds. The zero-order chi connectivity index (χ0) is 13.7. The van der Waals surface area contributed by atoms with E-state index in [2.05, 4.69) is 26.1 Å². The van der Waals surface area contributed by atoms with Crippen LogP contribution in [-0.2, 0) is 0 Å². The standard InChI is InChI=1S/C14H22N2O2/c1-9(2)10(3)8-16-14(17)12-7-11(18-4)5-6-13(12)15/h5-7,9-10H,8,15H2,1-4H3,(H,16,17). The number of nitrogens with two attached hydrogens (primary N) is 1. The lowest BCUT2D eigenvalue weighted by Gasteiger charge is -2.16. The van der Waals surface area contributed by atoms with Crippen LogP contribution in [0.3, 0.4) is 0 Å². The molecular formula is C14H22N2O2. The van der Waals surface area contributed by atoms with E-state index in [0.29, 0.717) is 35.4 Å². The van der Waals surface area contributed by atoms with Gasteiger partial charge < -0.3 is 15.8 Å². The van der Waals surface area contributed by atoms with Crippen molar-refractivity contribution < 1.29 is 9.53 Å². The van der Waals surface area contributed by atoms with E-state index in [-0.39, 0.29) is 5.91 Å². The van der Waals surface area contributed by atoms with Crippen molar-refractivity contribution in [2.75, 3.05) is 19.4 Å². The lowest BCUT2D eigenvalue weighted by molar-refractivity contribution is 0.0945. The van der Waals surface area contributed by atoms with Gasteiger partial charge in [-0.3, -0.25) is 4.79 Å². The topological polar surface area (TPSA) is 64.3 Å². The van der Waals surface area contributed by atoms with Crippen LogP contribution in [0.2, 0.25) is 0 Å². The Bertz CT molecular complexity index is 416. The monoisotopic (exact) mass is 250 g/mol. The largest absolute Gasteiger partial charge is 0.497 e. The highest BCUT2D eigenvalue weighted by molar-refractivity contribution is 5.99. The fourth-order valence-electron chi connectivity index (χ4n) is 1.44. The van der Waals surface area contributed by atoms with Crippen molar-refractivity contribution in [3.8, 4) is 5.75 Å².